The Hall–Kier alpha value is -3.45. The van der Waals surface area contributed by atoms with Crippen molar-refractivity contribution < 1.29 is 22.6 Å². The molecule has 10 nitrogen and oxygen atoms in total. The van der Waals surface area contributed by atoms with E-state index in [0.29, 0.717) is 61.3 Å². The molecule has 1 aromatic carbocycles. The third kappa shape index (κ3) is 4.35. The first-order valence-corrected chi connectivity index (χ1v) is 12.3. The van der Waals surface area contributed by atoms with E-state index in [1.165, 1.54) is 17.8 Å². The van der Waals surface area contributed by atoms with Crippen molar-refractivity contribution in [3.05, 3.63) is 30.2 Å². The molecule has 2 aliphatic rings. The molecule has 0 spiro atoms. The lowest BCUT2D eigenvalue weighted by molar-refractivity contribution is -0.0794. The number of nitrogens with zero attached hydrogens (tertiary/aromatic N) is 7. The summed E-state index contributed by atoms with van der Waals surface area (Å²) in [6.07, 6.45) is 1.02. The summed E-state index contributed by atoms with van der Waals surface area (Å²) >= 11 is 0. The van der Waals surface area contributed by atoms with Crippen LogP contribution in [-0.4, -0.2) is 92.8 Å². The highest BCUT2D eigenvalue weighted by atomic mass is 19.1. The van der Waals surface area contributed by atoms with E-state index in [-0.39, 0.29) is 23.4 Å². The number of ether oxygens (including phenoxy) is 2. The van der Waals surface area contributed by atoms with Gasteiger partial charge in [0.2, 0.25) is 11.8 Å². The number of nitrogens with one attached hydrogen (secondary N) is 1. The zero-order chi connectivity index (χ0) is 25.5. The minimum Gasteiger partial charge on any atom is -0.479 e. The Bertz CT molecular complexity index is 1420. The number of methoxy groups -OCH3 is 1. The number of hydrogen-bond acceptors (Lipinski definition) is 8. The number of hydrogen-bond donors (Lipinski definition) is 1. The highest BCUT2D eigenvalue weighted by Crippen LogP contribution is 2.35. The van der Waals surface area contributed by atoms with Gasteiger partial charge in [0.05, 0.1) is 56.4 Å². The number of likely N-dealkylation sites (tertiary alicyclic amines) is 1. The number of benzene rings is 1. The maximum atomic E-state index is 15.3. The first-order chi connectivity index (χ1) is 18.1. The van der Waals surface area contributed by atoms with E-state index in [2.05, 4.69) is 30.6 Å². The van der Waals surface area contributed by atoms with Crippen molar-refractivity contribution in [1.82, 2.24) is 34.5 Å². The largest absolute Gasteiger partial charge is 0.479 e. The lowest BCUT2D eigenvalue weighted by Crippen LogP contribution is -2.57. The van der Waals surface area contributed by atoms with Crippen LogP contribution in [-0.2, 0) is 11.3 Å². The molecule has 1 N–H and O–H groups in total. The Kier molecular flexibility index (Phi) is 6.32. The first-order valence-electron chi connectivity index (χ1n) is 12.3. The molecule has 6 rings (SSSR count). The van der Waals surface area contributed by atoms with Crippen molar-refractivity contribution in [3.8, 4) is 17.0 Å². The number of rotatable bonds is 8. The fraction of sp³-hybridized carbons (Fsp3) is 0.500. The molecule has 196 valence electrons. The summed E-state index contributed by atoms with van der Waals surface area (Å²) < 4.78 is 56.7. The maximum Gasteiger partial charge on any atom is 0.244 e. The fourth-order valence-electron chi connectivity index (χ4n) is 5.02. The quantitative estimate of drug-likeness (QED) is 0.382. The molecule has 4 aromatic rings. The van der Waals surface area contributed by atoms with Gasteiger partial charge in [0, 0.05) is 19.6 Å². The molecule has 5 heterocycles. The molecule has 37 heavy (non-hydrogen) atoms. The van der Waals surface area contributed by atoms with Gasteiger partial charge < -0.3 is 14.8 Å². The molecule has 0 unspecified atom stereocenters. The molecule has 2 saturated heterocycles. The van der Waals surface area contributed by atoms with Crippen LogP contribution in [0.25, 0.3) is 27.7 Å². The maximum absolute atomic E-state index is 15.3. The smallest absolute Gasteiger partial charge is 0.244 e. The van der Waals surface area contributed by atoms with Crippen molar-refractivity contribution >= 4 is 22.5 Å². The number of piperidine rings is 1. The van der Waals surface area contributed by atoms with Crippen LogP contribution < -0.4 is 10.1 Å². The Balaban J connectivity index is 1.31. The van der Waals surface area contributed by atoms with Crippen molar-refractivity contribution in [1.29, 1.82) is 0 Å². The Morgan fingerprint density at radius 1 is 1.27 bits per heavy atom. The summed E-state index contributed by atoms with van der Waals surface area (Å²) in [5.74, 6) is -0.214. The van der Waals surface area contributed by atoms with Crippen LogP contribution in [0.5, 0.6) is 5.88 Å². The Morgan fingerprint density at radius 3 is 2.86 bits per heavy atom. The number of anilines is 1. The molecular formula is C24H27F3N8O2. The SMILES string of the molecule is COc1nc(N[C@H]2CCN(C3COC3)C[C@H]2F)nn2cc(F)c(-c3ccc4nnn(CCCF)c4c3)c12. The normalized spacial score (nSPS) is 21.0. The average Bonchev–Trinajstić information content (AvgIpc) is 3.42. The number of alkyl halides is 2. The van der Waals surface area contributed by atoms with Crippen molar-refractivity contribution in [2.45, 2.75) is 37.6 Å². The van der Waals surface area contributed by atoms with Crippen LogP contribution in [0.2, 0.25) is 0 Å². The lowest BCUT2D eigenvalue weighted by atomic mass is 10.0. The van der Waals surface area contributed by atoms with Gasteiger partial charge >= 0.3 is 0 Å². The van der Waals surface area contributed by atoms with E-state index >= 15 is 4.39 Å². The van der Waals surface area contributed by atoms with E-state index in [0.717, 1.165) is 6.54 Å². The molecule has 13 heteroatoms. The molecular weight excluding hydrogens is 489 g/mol. The standard InChI is InChI=1S/C24H27F3N8O2/c1-36-23-22-21(14-3-4-19-20(9-14)34(32-30-19)7-2-6-25)17(27)11-35(22)31-24(29-23)28-18-5-8-33(10-16(18)26)15-12-37-13-15/h3-4,9,11,15-16,18H,2,5-8,10,12-13H2,1H3,(H,28,31)/t16-,18+/m1/s1. The number of aromatic nitrogens is 6. The van der Waals surface area contributed by atoms with Crippen molar-refractivity contribution in [2.24, 2.45) is 0 Å². The van der Waals surface area contributed by atoms with Gasteiger partial charge in [-0.25, -0.2) is 18.0 Å². The molecule has 0 saturated carbocycles. The molecule has 2 atom stereocenters. The molecule has 0 aliphatic carbocycles. The van der Waals surface area contributed by atoms with E-state index in [9.17, 15) is 8.78 Å². The Labute approximate surface area is 210 Å². The zero-order valence-electron chi connectivity index (χ0n) is 20.3. The van der Waals surface area contributed by atoms with Crippen molar-refractivity contribution in [2.75, 3.05) is 45.4 Å². The summed E-state index contributed by atoms with van der Waals surface area (Å²) in [7, 11) is 1.44. The summed E-state index contributed by atoms with van der Waals surface area (Å²) in [6.45, 7) is 2.24. The summed E-state index contributed by atoms with van der Waals surface area (Å²) in [5, 5.41) is 15.7. The second-order valence-electron chi connectivity index (χ2n) is 9.39. The van der Waals surface area contributed by atoms with Gasteiger partial charge in [-0.05, 0) is 30.5 Å². The van der Waals surface area contributed by atoms with Gasteiger partial charge in [0.15, 0.2) is 5.82 Å². The van der Waals surface area contributed by atoms with E-state index in [1.807, 2.05) is 0 Å². The summed E-state index contributed by atoms with van der Waals surface area (Å²) in [6, 6.07) is 5.03. The zero-order valence-corrected chi connectivity index (χ0v) is 20.3. The van der Waals surface area contributed by atoms with Gasteiger partial charge in [-0.1, -0.05) is 11.3 Å². The van der Waals surface area contributed by atoms with Crippen LogP contribution in [0, 0.1) is 5.82 Å². The number of halogens is 3. The van der Waals surface area contributed by atoms with Crippen LogP contribution >= 0.6 is 0 Å². The second kappa shape index (κ2) is 9.78. The lowest BCUT2D eigenvalue weighted by Gasteiger charge is -2.42. The minimum atomic E-state index is -1.11. The molecule has 3 aromatic heterocycles. The van der Waals surface area contributed by atoms with E-state index in [4.69, 9.17) is 9.47 Å². The third-order valence-electron chi connectivity index (χ3n) is 7.08. The van der Waals surface area contributed by atoms with Crippen LogP contribution in [0.15, 0.2) is 24.4 Å². The van der Waals surface area contributed by atoms with E-state index < -0.39 is 24.7 Å². The highest BCUT2D eigenvalue weighted by Gasteiger charge is 2.36. The van der Waals surface area contributed by atoms with Gasteiger partial charge in [0.1, 0.15) is 17.2 Å². The van der Waals surface area contributed by atoms with Crippen LogP contribution in [0.3, 0.4) is 0 Å². The van der Waals surface area contributed by atoms with Gasteiger partial charge in [-0.15, -0.1) is 10.2 Å². The predicted octanol–water partition coefficient (Wildman–Crippen LogP) is 2.87. The molecule has 2 fully saturated rings. The monoisotopic (exact) mass is 516 g/mol. The molecule has 0 radical (unpaired) electrons. The number of aryl methyl sites for hydroxylation is 1. The van der Waals surface area contributed by atoms with Crippen molar-refractivity contribution in [3.63, 3.8) is 0 Å². The highest BCUT2D eigenvalue weighted by molar-refractivity contribution is 5.89. The molecule has 2 aliphatic heterocycles. The third-order valence-corrected chi connectivity index (χ3v) is 7.08. The van der Waals surface area contributed by atoms with E-state index in [1.54, 1.807) is 22.9 Å². The second-order valence-corrected chi connectivity index (χ2v) is 9.39. The summed E-state index contributed by atoms with van der Waals surface area (Å²) in [4.78, 5) is 6.55. The first kappa shape index (κ1) is 23.9. The topological polar surface area (TPSA) is 94.6 Å². The molecule has 0 amide bonds. The Morgan fingerprint density at radius 2 is 2.14 bits per heavy atom. The minimum absolute atomic E-state index is 0.153. The average molecular weight is 517 g/mol. The van der Waals surface area contributed by atoms with Gasteiger partial charge in [-0.2, -0.15) is 4.98 Å². The fourth-order valence-corrected chi connectivity index (χ4v) is 5.02. The number of fused-ring (bicyclic) bond motifs is 2. The van der Waals surface area contributed by atoms with Crippen LogP contribution in [0.1, 0.15) is 12.8 Å². The summed E-state index contributed by atoms with van der Waals surface area (Å²) in [5.41, 5.74) is 2.43. The molecule has 0 bridgehead atoms. The van der Waals surface area contributed by atoms with Gasteiger partial charge in [0.25, 0.3) is 0 Å². The van der Waals surface area contributed by atoms with Crippen LogP contribution in [0.4, 0.5) is 19.1 Å². The predicted molar refractivity (Wildman–Crippen MR) is 130 cm³/mol. The van der Waals surface area contributed by atoms with Gasteiger partial charge in [-0.3, -0.25) is 9.29 Å².